The molecule has 0 spiro atoms. The Hall–Kier alpha value is -2.64. The smallest absolute Gasteiger partial charge is 0.0294 e. The Balaban J connectivity index is 0.00000145. The largest absolute Gasteiger partial charge is 0.306 e. The van der Waals surface area contributed by atoms with Crippen LogP contribution >= 0.6 is 0 Å². The molecule has 1 nitrogen and oxygen atoms in total. The molecule has 0 bridgehead atoms. The van der Waals surface area contributed by atoms with Gasteiger partial charge in [0.2, 0.25) is 0 Å². The molecule has 3 rings (SSSR count). The summed E-state index contributed by atoms with van der Waals surface area (Å²) < 4.78 is 0. The van der Waals surface area contributed by atoms with Crippen LogP contribution in [0.3, 0.4) is 0 Å². The van der Waals surface area contributed by atoms with Gasteiger partial charge < -0.3 is 5.32 Å². The molecule has 0 heterocycles. The molecule has 0 aliphatic carbocycles. The molecule has 3 aromatic rings. The van der Waals surface area contributed by atoms with Crippen molar-refractivity contribution in [2.45, 2.75) is 47.2 Å². The summed E-state index contributed by atoms with van der Waals surface area (Å²) >= 11 is 0. The van der Waals surface area contributed by atoms with Crippen LogP contribution in [0.2, 0.25) is 0 Å². The summed E-state index contributed by atoms with van der Waals surface area (Å²) in [4.78, 5) is 0. The second-order valence-corrected chi connectivity index (χ2v) is 7.28. The van der Waals surface area contributed by atoms with E-state index in [0.29, 0.717) is 12.0 Å². The van der Waals surface area contributed by atoms with E-state index < -0.39 is 0 Å². The number of hydrogen-bond acceptors (Lipinski definition) is 1. The maximum absolute atomic E-state index is 3.93. The van der Waals surface area contributed by atoms with E-state index in [1.54, 1.807) is 0 Å². The van der Waals surface area contributed by atoms with Crippen LogP contribution in [-0.4, -0.2) is 0 Å². The molecule has 29 heavy (non-hydrogen) atoms. The fourth-order valence-electron chi connectivity index (χ4n) is 3.60. The molecule has 152 valence electrons. The maximum Gasteiger partial charge on any atom is 0.0294 e. The Labute approximate surface area is 177 Å². The van der Waals surface area contributed by atoms with Crippen LogP contribution in [0, 0.1) is 5.92 Å². The highest BCUT2D eigenvalue weighted by Crippen LogP contribution is 2.30. The van der Waals surface area contributed by atoms with Crippen molar-refractivity contribution in [2.75, 3.05) is 0 Å². The quantitative estimate of drug-likeness (QED) is 0.407. The van der Waals surface area contributed by atoms with Crippen LogP contribution < -0.4 is 5.32 Å². The van der Waals surface area contributed by atoms with E-state index >= 15 is 0 Å². The predicted octanol–water partition coefficient (Wildman–Crippen LogP) is 7.94. The number of fused-ring (bicyclic) bond motifs is 1. The normalized spacial score (nSPS) is 13.3. The SMILES string of the molecule is C=CC(C)/C=C(\C)c1c(CNC(C)c2ccccc2)ccc2ccccc12.CC. The van der Waals surface area contributed by atoms with Crippen molar-refractivity contribution in [3.05, 3.63) is 102 Å². The van der Waals surface area contributed by atoms with E-state index in [1.165, 1.54) is 33.0 Å². The van der Waals surface area contributed by atoms with Crippen LogP contribution in [0.25, 0.3) is 16.3 Å². The number of allylic oxidation sites excluding steroid dienone is 3. The number of rotatable bonds is 7. The Morgan fingerprint density at radius 3 is 2.28 bits per heavy atom. The first-order chi connectivity index (χ1) is 14.1. The van der Waals surface area contributed by atoms with Gasteiger partial charge >= 0.3 is 0 Å². The average Bonchev–Trinajstić information content (AvgIpc) is 2.78. The summed E-state index contributed by atoms with van der Waals surface area (Å²) in [6, 6.07) is 24.0. The van der Waals surface area contributed by atoms with Crippen LogP contribution in [0.4, 0.5) is 0 Å². The molecule has 1 N–H and O–H groups in total. The second-order valence-electron chi connectivity index (χ2n) is 7.28. The molecular formula is C28H35N. The molecule has 3 aromatic carbocycles. The van der Waals surface area contributed by atoms with Gasteiger partial charge in [0.1, 0.15) is 0 Å². The van der Waals surface area contributed by atoms with E-state index in [2.05, 4.69) is 105 Å². The molecule has 0 fully saturated rings. The lowest BCUT2D eigenvalue weighted by atomic mass is 9.92. The molecule has 0 aliphatic heterocycles. The maximum atomic E-state index is 3.93. The third-order valence-corrected chi connectivity index (χ3v) is 5.19. The highest BCUT2D eigenvalue weighted by molar-refractivity contribution is 5.95. The lowest BCUT2D eigenvalue weighted by Gasteiger charge is -2.19. The Kier molecular flexibility index (Phi) is 8.89. The van der Waals surface area contributed by atoms with Crippen molar-refractivity contribution in [1.82, 2.24) is 5.32 Å². The molecule has 0 radical (unpaired) electrons. The minimum atomic E-state index is 0.307. The van der Waals surface area contributed by atoms with Gasteiger partial charge in [-0.3, -0.25) is 0 Å². The monoisotopic (exact) mass is 385 g/mol. The molecule has 0 aliphatic rings. The van der Waals surface area contributed by atoms with Gasteiger partial charge in [-0.25, -0.2) is 0 Å². The summed E-state index contributed by atoms with van der Waals surface area (Å²) in [5.41, 5.74) is 5.30. The molecule has 0 saturated carbocycles. The minimum Gasteiger partial charge on any atom is -0.306 e. The second kappa shape index (κ2) is 11.4. The topological polar surface area (TPSA) is 12.0 Å². The Morgan fingerprint density at radius 1 is 0.931 bits per heavy atom. The molecule has 2 unspecified atom stereocenters. The predicted molar refractivity (Wildman–Crippen MR) is 130 cm³/mol. The summed E-state index contributed by atoms with van der Waals surface area (Å²) in [6.07, 6.45) is 4.29. The van der Waals surface area contributed by atoms with Gasteiger partial charge in [0.25, 0.3) is 0 Å². The fourth-order valence-corrected chi connectivity index (χ4v) is 3.60. The summed E-state index contributed by atoms with van der Waals surface area (Å²) in [6.45, 7) is 15.4. The molecule has 0 saturated heterocycles. The summed E-state index contributed by atoms with van der Waals surface area (Å²) in [5, 5.41) is 6.29. The first-order valence-electron chi connectivity index (χ1n) is 10.7. The molecule has 1 heteroatoms. The van der Waals surface area contributed by atoms with Gasteiger partial charge in [-0.1, -0.05) is 99.7 Å². The van der Waals surface area contributed by atoms with E-state index in [1.807, 2.05) is 19.9 Å². The molecule has 0 amide bonds. The Bertz CT molecular complexity index is 937. The zero-order valence-corrected chi connectivity index (χ0v) is 18.6. The van der Waals surface area contributed by atoms with Crippen molar-refractivity contribution in [2.24, 2.45) is 5.92 Å². The highest BCUT2D eigenvalue weighted by Gasteiger charge is 2.12. The van der Waals surface area contributed by atoms with Crippen molar-refractivity contribution < 1.29 is 0 Å². The standard InChI is InChI=1S/C26H29N.C2H6/c1-5-19(2)17-20(3)26-24(16-15-23-13-9-10-14-25(23)26)18-27-21(4)22-11-7-6-8-12-22;1-2/h5-17,19,21,27H,1,18H2,2-4H3;1-2H3/b20-17+;. The van der Waals surface area contributed by atoms with Gasteiger partial charge in [-0.2, -0.15) is 0 Å². The van der Waals surface area contributed by atoms with Crippen LogP contribution in [0.1, 0.15) is 57.4 Å². The van der Waals surface area contributed by atoms with Gasteiger partial charge in [-0.15, -0.1) is 6.58 Å². The van der Waals surface area contributed by atoms with Crippen LogP contribution in [0.5, 0.6) is 0 Å². The van der Waals surface area contributed by atoms with Gasteiger partial charge in [-0.05, 0) is 52.8 Å². The van der Waals surface area contributed by atoms with E-state index in [4.69, 9.17) is 0 Å². The number of nitrogens with one attached hydrogen (secondary N) is 1. The lowest BCUT2D eigenvalue weighted by molar-refractivity contribution is 0.574. The summed E-state index contributed by atoms with van der Waals surface area (Å²) in [5.74, 6) is 0.355. The van der Waals surface area contributed by atoms with E-state index in [0.717, 1.165) is 6.54 Å². The zero-order valence-electron chi connectivity index (χ0n) is 18.6. The average molecular weight is 386 g/mol. The van der Waals surface area contributed by atoms with Gasteiger partial charge in [0.05, 0.1) is 0 Å². The van der Waals surface area contributed by atoms with Crippen molar-refractivity contribution in [1.29, 1.82) is 0 Å². The van der Waals surface area contributed by atoms with E-state index in [9.17, 15) is 0 Å². The van der Waals surface area contributed by atoms with Gasteiger partial charge in [0.15, 0.2) is 0 Å². The first kappa shape index (κ1) is 22.6. The molecule has 2 atom stereocenters. The minimum absolute atomic E-state index is 0.307. The zero-order chi connectivity index (χ0) is 21.2. The van der Waals surface area contributed by atoms with Crippen molar-refractivity contribution >= 4 is 16.3 Å². The lowest BCUT2D eigenvalue weighted by Crippen LogP contribution is -2.18. The van der Waals surface area contributed by atoms with Crippen LogP contribution in [0.15, 0.2) is 85.5 Å². The number of hydrogen-bond donors (Lipinski definition) is 1. The molecular weight excluding hydrogens is 350 g/mol. The third-order valence-electron chi connectivity index (χ3n) is 5.19. The van der Waals surface area contributed by atoms with Crippen molar-refractivity contribution in [3.63, 3.8) is 0 Å². The van der Waals surface area contributed by atoms with Crippen LogP contribution in [-0.2, 0) is 6.54 Å². The van der Waals surface area contributed by atoms with E-state index in [-0.39, 0.29) is 0 Å². The first-order valence-corrected chi connectivity index (χ1v) is 10.7. The van der Waals surface area contributed by atoms with Crippen molar-refractivity contribution in [3.8, 4) is 0 Å². The fraction of sp³-hybridized carbons (Fsp3) is 0.286. The van der Waals surface area contributed by atoms with Gasteiger partial charge in [0, 0.05) is 12.6 Å². The third kappa shape index (κ3) is 5.92. The highest BCUT2D eigenvalue weighted by atomic mass is 14.9. The molecule has 0 aromatic heterocycles. The number of benzene rings is 3. The summed E-state index contributed by atoms with van der Waals surface area (Å²) in [7, 11) is 0. The Morgan fingerprint density at radius 2 is 1.59 bits per heavy atom.